The minimum Gasteiger partial charge on any atom is -0.393 e. The van der Waals surface area contributed by atoms with Gasteiger partial charge in [0.05, 0.1) is 11.1 Å². The van der Waals surface area contributed by atoms with E-state index in [4.69, 9.17) is 11.6 Å². The van der Waals surface area contributed by atoms with Gasteiger partial charge in [-0.25, -0.2) is 0 Å². The van der Waals surface area contributed by atoms with Crippen LogP contribution in [-0.4, -0.2) is 17.0 Å². The minimum atomic E-state index is -0.111. The summed E-state index contributed by atoms with van der Waals surface area (Å²) in [6.07, 6.45) is 8.11. The van der Waals surface area contributed by atoms with Gasteiger partial charge in [0.25, 0.3) is 0 Å². The second-order valence-electron chi connectivity index (χ2n) is 8.69. The van der Waals surface area contributed by atoms with Crippen molar-refractivity contribution in [2.45, 2.75) is 71.3 Å². The van der Waals surface area contributed by atoms with Crippen LogP contribution in [0, 0.1) is 28.6 Å². The predicted octanol–water partition coefficient (Wildman–Crippen LogP) is 4.45. The first kappa shape index (κ1) is 15.2. The molecule has 0 aromatic carbocycles. The second-order valence-corrected chi connectivity index (χ2v) is 9.06. The zero-order valence-electron chi connectivity index (χ0n) is 13.7. The van der Waals surface area contributed by atoms with Crippen molar-refractivity contribution in [2.75, 3.05) is 0 Å². The number of aliphatic hydroxyl groups is 1. The minimum absolute atomic E-state index is 0.111. The number of Topliss-reactive ketones (excluding diaryl/α,β-unsaturated/α-hetero) is 1. The lowest BCUT2D eigenvalue weighted by Gasteiger charge is -2.57. The maximum atomic E-state index is 12.0. The zero-order chi connectivity index (χ0) is 15.7. The molecule has 0 aliphatic heterocycles. The van der Waals surface area contributed by atoms with Crippen LogP contribution in [0.2, 0.25) is 0 Å². The van der Waals surface area contributed by atoms with Crippen molar-refractivity contribution in [2.24, 2.45) is 28.6 Å². The van der Waals surface area contributed by atoms with E-state index >= 15 is 0 Å². The smallest absolute Gasteiger partial charge is 0.174 e. The molecule has 0 spiro atoms. The van der Waals surface area contributed by atoms with E-state index in [0.717, 1.165) is 32.1 Å². The Labute approximate surface area is 138 Å². The highest BCUT2D eigenvalue weighted by molar-refractivity contribution is 6.43. The molecule has 4 aliphatic rings. The number of aliphatic hydroxyl groups excluding tert-OH is 1. The van der Waals surface area contributed by atoms with Crippen molar-refractivity contribution >= 4 is 17.4 Å². The molecule has 0 bridgehead atoms. The summed E-state index contributed by atoms with van der Waals surface area (Å²) in [5.74, 6) is 2.18. The van der Waals surface area contributed by atoms with E-state index in [0.29, 0.717) is 29.2 Å². The third-order valence-corrected chi connectivity index (χ3v) is 8.44. The summed E-state index contributed by atoms with van der Waals surface area (Å²) >= 11 is 6.41. The molecule has 4 aliphatic carbocycles. The third kappa shape index (κ3) is 1.80. The number of halogens is 1. The molecule has 0 aromatic rings. The molecule has 3 fully saturated rings. The number of rotatable bonds is 0. The first-order chi connectivity index (χ1) is 10.4. The van der Waals surface area contributed by atoms with Crippen LogP contribution < -0.4 is 0 Å². The molecule has 0 aromatic heterocycles. The van der Waals surface area contributed by atoms with E-state index in [-0.39, 0.29) is 22.7 Å². The molecule has 122 valence electrons. The molecule has 0 heterocycles. The lowest BCUT2D eigenvalue weighted by Crippen LogP contribution is -2.51. The van der Waals surface area contributed by atoms with Crippen LogP contribution in [0.5, 0.6) is 0 Å². The van der Waals surface area contributed by atoms with Gasteiger partial charge in [0.2, 0.25) is 0 Å². The first-order valence-electron chi connectivity index (χ1n) is 8.98. The number of hydrogen-bond donors (Lipinski definition) is 1. The largest absolute Gasteiger partial charge is 0.393 e. The van der Waals surface area contributed by atoms with Crippen LogP contribution in [0.4, 0.5) is 0 Å². The molecule has 0 saturated heterocycles. The van der Waals surface area contributed by atoms with Crippen molar-refractivity contribution in [1.82, 2.24) is 0 Å². The zero-order valence-corrected chi connectivity index (χ0v) is 14.5. The Bertz CT molecular complexity index is 554. The van der Waals surface area contributed by atoms with E-state index in [9.17, 15) is 9.90 Å². The van der Waals surface area contributed by atoms with E-state index in [1.807, 2.05) is 0 Å². The molecule has 0 amide bonds. The highest BCUT2D eigenvalue weighted by Gasteiger charge is 2.59. The summed E-state index contributed by atoms with van der Waals surface area (Å²) in [5.41, 5.74) is 1.52. The molecule has 1 N–H and O–H groups in total. The van der Waals surface area contributed by atoms with Crippen LogP contribution in [0.25, 0.3) is 0 Å². The molecule has 3 saturated carbocycles. The fourth-order valence-corrected chi connectivity index (χ4v) is 7.03. The van der Waals surface area contributed by atoms with Gasteiger partial charge in [-0.1, -0.05) is 25.4 Å². The average molecular weight is 323 g/mol. The van der Waals surface area contributed by atoms with Crippen LogP contribution in [0.3, 0.4) is 0 Å². The molecule has 22 heavy (non-hydrogen) atoms. The fraction of sp³-hybridized carbons (Fsp3) is 0.842. The van der Waals surface area contributed by atoms with E-state index in [1.54, 1.807) is 0 Å². The van der Waals surface area contributed by atoms with Crippen molar-refractivity contribution in [3.05, 3.63) is 10.6 Å². The number of fused-ring (bicyclic) bond motifs is 5. The van der Waals surface area contributed by atoms with Gasteiger partial charge in [0.15, 0.2) is 5.78 Å². The first-order valence-corrected chi connectivity index (χ1v) is 9.36. The highest BCUT2D eigenvalue weighted by atomic mass is 35.5. The highest BCUT2D eigenvalue weighted by Crippen LogP contribution is 2.65. The molecule has 2 nitrogen and oxygen atoms in total. The van der Waals surface area contributed by atoms with Gasteiger partial charge in [0.1, 0.15) is 0 Å². The Morgan fingerprint density at radius 2 is 1.82 bits per heavy atom. The molecule has 0 radical (unpaired) electrons. The van der Waals surface area contributed by atoms with Gasteiger partial charge in [0, 0.05) is 6.42 Å². The predicted molar refractivity (Wildman–Crippen MR) is 87.5 cm³/mol. The Morgan fingerprint density at radius 3 is 2.59 bits per heavy atom. The molecular formula is C19H27ClO2. The van der Waals surface area contributed by atoms with E-state index in [2.05, 4.69) is 13.8 Å². The Hall–Kier alpha value is -0.340. The van der Waals surface area contributed by atoms with Gasteiger partial charge < -0.3 is 5.11 Å². The summed E-state index contributed by atoms with van der Waals surface area (Å²) in [5, 5.41) is 11.0. The summed E-state index contributed by atoms with van der Waals surface area (Å²) < 4.78 is 0. The molecular weight excluding hydrogens is 296 g/mol. The Morgan fingerprint density at radius 1 is 1.05 bits per heavy atom. The van der Waals surface area contributed by atoms with Gasteiger partial charge in [-0.3, -0.25) is 4.79 Å². The standard InChI is InChI=1S/C19H27ClO2/c1-18-10-8-15(21)17(20)14(18)4-3-11-12-5-6-16(22)19(12,2)9-7-13(11)18/h11-13,16,22H,3-10H2,1-2H3/t11-,12+,13-,16-,18-,19+/m1/s1. The quantitative estimate of drug-likeness (QED) is 0.715. The maximum absolute atomic E-state index is 12.0. The normalized spacial score (nSPS) is 51.4. The van der Waals surface area contributed by atoms with Gasteiger partial charge in [-0.05, 0) is 79.1 Å². The number of hydrogen-bond acceptors (Lipinski definition) is 2. The fourth-order valence-electron chi connectivity index (χ4n) is 6.62. The lowest BCUT2D eigenvalue weighted by molar-refractivity contribution is -0.118. The molecule has 0 unspecified atom stereocenters. The second kappa shape index (κ2) is 4.83. The van der Waals surface area contributed by atoms with Gasteiger partial charge >= 0.3 is 0 Å². The van der Waals surface area contributed by atoms with Crippen LogP contribution >= 0.6 is 11.6 Å². The lowest BCUT2D eigenvalue weighted by atomic mass is 9.47. The van der Waals surface area contributed by atoms with Crippen LogP contribution in [-0.2, 0) is 4.79 Å². The number of carbonyl (C=O) groups excluding carboxylic acids is 1. The maximum Gasteiger partial charge on any atom is 0.174 e. The van der Waals surface area contributed by atoms with E-state index < -0.39 is 0 Å². The topological polar surface area (TPSA) is 37.3 Å². The Balaban J connectivity index is 1.72. The molecule has 3 heteroatoms. The Kier molecular flexibility index (Phi) is 3.34. The summed E-state index contributed by atoms with van der Waals surface area (Å²) in [6, 6.07) is 0. The molecule has 4 rings (SSSR count). The monoisotopic (exact) mass is 322 g/mol. The SMILES string of the molecule is C[C@]12CC[C@@H]3[C@H](CCC4=C(Cl)C(=O)CC[C@@]43C)[C@@H]1CC[C@H]2O. The molecule has 6 atom stereocenters. The average Bonchev–Trinajstić information content (AvgIpc) is 2.79. The number of ketones is 1. The van der Waals surface area contributed by atoms with Crippen molar-refractivity contribution in [1.29, 1.82) is 0 Å². The number of allylic oxidation sites excluding steroid dienone is 1. The van der Waals surface area contributed by atoms with Crippen LogP contribution in [0.15, 0.2) is 10.6 Å². The van der Waals surface area contributed by atoms with Gasteiger partial charge in [-0.2, -0.15) is 0 Å². The van der Waals surface area contributed by atoms with E-state index in [1.165, 1.54) is 18.4 Å². The van der Waals surface area contributed by atoms with Crippen molar-refractivity contribution < 1.29 is 9.90 Å². The summed E-state index contributed by atoms with van der Waals surface area (Å²) in [6.45, 7) is 4.68. The van der Waals surface area contributed by atoms with Crippen molar-refractivity contribution in [3.8, 4) is 0 Å². The van der Waals surface area contributed by atoms with Crippen molar-refractivity contribution in [3.63, 3.8) is 0 Å². The summed E-state index contributed by atoms with van der Waals surface area (Å²) in [7, 11) is 0. The summed E-state index contributed by atoms with van der Waals surface area (Å²) in [4.78, 5) is 12.0. The van der Waals surface area contributed by atoms with Gasteiger partial charge in [-0.15, -0.1) is 0 Å². The third-order valence-electron chi connectivity index (χ3n) is 8.00. The number of carbonyl (C=O) groups is 1. The van der Waals surface area contributed by atoms with Crippen LogP contribution in [0.1, 0.15) is 65.2 Å².